The minimum Gasteiger partial charge on any atom is -0.389 e. The predicted octanol–water partition coefficient (Wildman–Crippen LogP) is 2.46. The number of hydrogen-bond acceptors (Lipinski definition) is 3. The molecule has 2 atom stereocenters. The van der Waals surface area contributed by atoms with Gasteiger partial charge in [0.05, 0.1) is 23.2 Å². The zero-order chi connectivity index (χ0) is 14.8. The van der Waals surface area contributed by atoms with Gasteiger partial charge in [-0.3, -0.25) is 0 Å². The molecule has 0 aliphatic heterocycles. The zero-order valence-corrected chi connectivity index (χ0v) is 12.8. The Morgan fingerprint density at radius 2 is 2.10 bits per heavy atom. The van der Waals surface area contributed by atoms with Crippen LogP contribution >= 0.6 is 0 Å². The van der Waals surface area contributed by atoms with Crippen LogP contribution in [0, 0.1) is 5.92 Å². The van der Waals surface area contributed by atoms with Crippen molar-refractivity contribution in [1.82, 2.24) is 14.9 Å². The van der Waals surface area contributed by atoms with Crippen LogP contribution in [0.1, 0.15) is 33.0 Å². The van der Waals surface area contributed by atoms with E-state index in [0.29, 0.717) is 13.1 Å². The Labute approximate surface area is 120 Å². The minimum absolute atomic E-state index is 0.274. The Hall–Kier alpha value is -1.39. The van der Waals surface area contributed by atoms with Gasteiger partial charge < -0.3 is 15.0 Å². The number of nitrogens with zero attached hydrogens (tertiary/aromatic N) is 2. The second kappa shape index (κ2) is 5.94. The van der Waals surface area contributed by atoms with Gasteiger partial charge in [-0.15, -0.1) is 0 Å². The van der Waals surface area contributed by atoms with Crippen molar-refractivity contribution in [3.8, 4) is 0 Å². The summed E-state index contributed by atoms with van der Waals surface area (Å²) in [5.74, 6) is 1.27. The Morgan fingerprint density at radius 1 is 1.40 bits per heavy atom. The third-order valence-electron chi connectivity index (χ3n) is 4.32. The summed E-state index contributed by atoms with van der Waals surface area (Å²) in [4.78, 5) is 4.62. The lowest BCUT2D eigenvalue weighted by Crippen LogP contribution is -2.43. The maximum Gasteiger partial charge on any atom is 0.123 e. The van der Waals surface area contributed by atoms with Crippen molar-refractivity contribution in [2.24, 2.45) is 13.0 Å². The van der Waals surface area contributed by atoms with Crippen molar-refractivity contribution < 1.29 is 5.11 Å². The molecule has 20 heavy (non-hydrogen) atoms. The molecule has 0 saturated carbocycles. The summed E-state index contributed by atoms with van der Waals surface area (Å²) in [6, 6.07) is 8.12. The van der Waals surface area contributed by atoms with E-state index >= 15 is 0 Å². The highest BCUT2D eigenvalue weighted by atomic mass is 16.3. The molecule has 0 aliphatic carbocycles. The molecule has 110 valence electrons. The molecule has 0 spiro atoms. The van der Waals surface area contributed by atoms with Crippen molar-refractivity contribution in [2.75, 3.05) is 6.54 Å². The largest absolute Gasteiger partial charge is 0.389 e. The average molecular weight is 275 g/mol. The summed E-state index contributed by atoms with van der Waals surface area (Å²) in [6.07, 6.45) is 0.973. The summed E-state index contributed by atoms with van der Waals surface area (Å²) >= 11 is 0. The fraction of sp³-hybridized carbons (Fsp3) is 0.562. The summed E-state index contributed by atoms with van der Waals surface area (Å²) in [7, 11) is 2.03. The van der Waals surface area contributed by atoms with E-state index in [1.165, 1.54) is 0 Å². The van der Waals surface area contributed by atoms with Gasteiger partial charge in [0.1, 0.15) is 5.82 Å². The highest BCUT2D eigenvalue weighted by Crippen LogP contribution is 2.19. The monoisotopic (exact) mass is 275 g/mol. The van der Waals surface area contributed by atoms with Crippen LogP contribution in [0.2, 0.25) is 0 Å². The second-order valence-corrected chi connectivity index (χ2v) is 5.85. The fourth-order valence-electron chi connectivity index (χ4n) is 2.39. The number of aryl methyl sites for hydroxylation is 1. The molecule has 1 aromatic heterocycles. The van der Waals surface area contributed by atoms with Crippen LogP contribution in [0.25, 0.3) is 11.0 Å². The highest BCUT2D eigenvalue weighted by Gasteiger charge is 2.26. The minimum atomic E-state index is -0.681. The predicted molar refractivity (Wildman–Crippen MR) is 82.5 cm³/mol. The molecule has 4 nitrogen and oxygen atoms in total. The molecule has 0 amide bonds. The quantitative estimate of drug-likeness (QED) is 0.851. The standard InChI is InChI=1S/C16H25N3O/c1-5-12(2)16(3,20)11-17-10-15-18-13-8-6-7-9-14(13)19(15)4/h6-9,12,17,20H,5,10-11H2,1-4H3. The lowest BCUT2D eigenvalue weighted by molar-refractivity contribution is 0.00519. The van der Waals surface area contributed by atoms with Gasteiger partial charge in [0.25, 0.3) is 0 Å². The van der Waals surface area contributed by atoms with Crippen LogP contribution < -0.4 is 5.32 Å². The molecule has 1 heterocycles. The number of fused-ring (bicyclic) bond motifs is 1. The van der Waals surface area contributed by atoms with E-state index in [1.807, 2.05) is 32.2 Å². The fourth-order valence-corrected chi connectivity index (χ4v) is 2.39. The molecular weight excluding hydrogens is 250 g/mol. The van der Waals surface area contributed by atoms with Gasteiger partial charge in [0, 0.05) is 13.6 Å². The van der Waals surface area contributed by atoms with Gasteiger partial charge in [-0.1, -0.05) is 32.4 Å². The van der Waals surface area contributed by atoms with Gasteiger partial charge in [-0.05, 0) is 25.0 Å². The van der Waals surface area contributed by atoms with E-state index in [9.17, 15) is 5.11 Å². The number of imidazole rings is 1. The van der Waals surface area contributed by atoms with Crippen LogP contribution in [0.3, 0.4) is 0 Å². The summed E-state index contributed by atoms with van der Waals surface area (Å²) in [5, 5.41) is 13.7. The molecule has 0 fully saturated rings. The van der Waals surface area contributed by atoms with E-state index in [1.54, 1.807) is 0 Å². The van der Waals surface area contributed by atoms with Crippen LogP contribution in [-0.4, -0.2) is 26.8 Å². The number of aliphatic hydroxyl groups is 1. The van der Waals surface area contributed by atoms with Gasteiger partial charge in [0.2, 0.25) is 0 Å². The smallest absolute Gasteiger partial charge is 0.123 e. The lowest BCUT2D eigenvalue weighted by Gasteiger charge is -2.29. The summed E-state index contributed by atoms with van der Waals surface area (Å²) in [5.41, 5.74) is 1.47. The van der Waals surface area contributed by atoms with Crippen molar-refractivity contribution in [2.45, 2.75) is 39.3 Å². The molecule has 2 rings (SSSR count). The van der Waals surface area contributed by atoms with E-state index in [4.69, 9.17) is 0 Å². The first kappa shape index (κ1) is 15.0. The molecule has 1 aromatic carbocycles. The van der Waals surface area contributed by atoms with E-state index < -0.39 is 5.60 Å². The number of nitrogens with one attached hydrogen (secondary N) is 1. The third-order valence-corrected chi connectivity index (χ3v) is 4.32. The number of para-hydroxylation sites is 2. The number of hydrogen-bond donors (Lipinski definition) is 2. The lowest BCUT2D eigenvalue weighted by atomic mass is 9.89. The number of aromatic nitrogens is 2. The number of benzene rings is 1. The molecule has 2 N–H and O–H groups in total. The van der Waals surface area contributed by atoms with Crippen molar-refractivity contribution in [3.05, 3.63) is 30.1 Å². The van der Waals surface area contributed by atoms with Gasteiger partial charge >= 0.3 is 0 Å². The average Bonchev–Trinajstić information content (AvgIpc) is 2.75. The molecule has 0 bridgehead atoms. The third kappa shape index (κ3) is 3.02. The molecule has 0 aliphatic rings. The normalized spacial score (nSPS) is 16.2. The van der Waals surface area contributed by atoms with Crippen molar-refractivity contribution in [3.63, 3.8) is 0 Å². The molecule has 0 radical (unpaired) electrons. The Kier molecular flexibility index (Phi) is 4.45. The van der Waals surface area contributed by atoms with E-state index in [-0.39, 0.29) is 5.92 Å². The summed E-state index contributed by atoms with van der Waals surface area (Å²) in [6.45, 7) is 7.31. The van der Waals surface area contributed by atoms with Crippen molar-refractivity contribution in [1.29, 1.82) is 0 Å². The van der Waals surface area contributed by atoms with Crippen LogP contribution in [-0.2, 0) is 13.6 Å². The zero-order valence-electron chi connectivity index (χ0n) is 12.8. The van der Waals surface area contributed by atoms with E-state index in [0.717, 1.165) is 23.3 Å². The SMILES string of the molecule is CCC(C)C(C)(O)CNCc1nc2ccccc2n1C. The Bertz CT molecular complexity index is 574. The maximum atomic E-state index is 10.4. The molecular formula is C16H25N3O. The summed E-state index contributed by atoms with van der Waals surface area (Å²) < 4.78 is 2.10. The Morgan fingerprint density at radius 3 is 2.75 bits per heavy atom. The van der Waals surface area contributed by atoms with Crippen LogP contribution in [0.4, 0.5) is 0 Å². The van der Waals surface area contributed by atoms with Gasteiger partial charge in [-0.2, -0.15) is 0 Å². The second-order valence-electron chi connectivity index (χ2n) is 5.85. The molecule has 4 heteroatoms. The molecule has 2 aromatic rings. The first-order valence-corrected chi connectivity index (χ1v) is 7.29. The molecule has 0 saturated heterocycles. The van der Waals surface area contributed by atoms with E-state index in [2.05, 4.69) is 34.8 Å². The van der Waals surface area contributed by atoms with Gasteiger partial charge in [0.15, 0.2) is 0 Å². The Balaban J connectivity index is 2.01. The topological polar surface area (TPSA) is 50.1 Å². The van der Waals surface area contributed by atoms with Crippen LogP contribution in [0.15, 0.2) is 24.3 Å². The van der Waals surface area contributed by atoms with Crippen molar-refractivity contribution >= 4 is 11.0 Å². The number of rotatable bonds is 6. The maximum absolute atomic E-state index is 10.4. The van der Waals surface area contributed by atoms with Gasteiger partial charge in [-0.25, -0.2) is 4.98 Å². The first-order chi connectivity index (χ1) is 9.45. The molecule has 2 unspecified atom stereocenters. The highest BCUT2D eigenvalue weighted by molar-refractivity contribution is 5.75. The first-order valence-electron chi connectivity index (χ1n) is 7.29. The van der Waals surface area contributed by atoms with Crippen LogP contribution in [0.5, 0.6) is 0 Å².